The SMILES string of the molecule is CC(C)C[C@H](N[C@@H](c1ccc(C#CC2CC2)cc1)C(F)(F)C(F)(F)F)C(=O)NC1(C#N)CC1. The van der Waals surface area contributed by atoms with Crippen molar-refractivity contribution in [1.82, 2.24) is 10.6 Å². The van der Waals surface area contributed by atoms with Gasteiger partial charge in [-0.25, -0.2) is 0 Å². The molecule has 0 aliphatic heterocycles. The minimum atomic E-state index is -5.83. The number of alkyl halides is 5. The summed E-state index contributed by atoms with van der Waals surface area (Å²) in [4.78, 5) is 12.8. The van der Waals surface area contributed by atoms with Gasteiger partial charge in [-0.15, -0.1) is 0 Å². The van der Waals surface area contributed by atoms with Gasteiger partial charge in [0.05, 0.1) is 12.1 Å². The molecule has 0 saturated heterocycles. The zero-order valence-electron chi connectivity index (χ0n) is 18.4. The third-order valence-corrected chi connectivity index (χ3v) is 5.70. The first kappa shape index (κ1) is 25.0. The van der Waals surface area contributed by atoms with Crippen LogP contribution in [0.1, 0.15) is 63.1 Å². The highest BCUT2D eigenvalue weighted by atomic mass is 19.4. The lowest BCUT2D eigenvalue weighted by atomic mass is 9.95. The second-order valence-electron chi connectivity index (χ2n) is 9.25. The molecule has 0 radical (unpaired) electrons. The second-order valence-corrected chi connectivity index (χ2v) is 9.25. The minimum Gasteiger partial charge on any atom is -0.336 e. The van der Waals surface area contributed by atoms with Crippen LogP contribution in [0.5, 0.6) is 0 Å². The third kappa shape index (κ3) is 6.23. The fraction of sp³-hybridized carbons (Fsp3) is 0.583. The van der Waals surface area contributed by atoms with Crippen LogP contribution in [-0.4, -0.2) is 29.6 Å². The van der Waals surface area contributed by atoms with Gasteiger partial charge < -0.3 is 5.32 Å². The molecule has 3 rings (SSSR count). The zero-order valence-corrected chi connectivity index (χ0v) is 18.4. The summed E-state index contributed by atoms with van der Waals surface area (Å²) in [5.41, 5.74) is -0.865. The van der Waals surface area contributed by atoms with Crippen LogP contribution in [0.4, 0.5) is 22.0 Å². The molecular formula is C24H26F5N3O. The Balaban J connectivity index is 1.89. The molecule has 9 heteroatoms. The number of nitrogens with zero attached hydrogens (tertiary/aromatic N) is 1. The number of carbonyl (C=O) groups excluding carboxylic acids is 1. The number of nitrogens with one attached hydrogen (secondary N) is 2. The number of nitriles is 1. The number of rotatable bonds is 8. The number of halogens is 5. The minimum absolute atomic E-state index is 0.0166. The van der Waals surface area contributed by atoms with Crippen molar-refractivity contribution in [3.63, 3.8) is 0 Å². The number of benzene rings is 1. The molecule has 0 heterocycles. The predicted molar refractivity (Wildman–Crippen MR) is 112 cm³/mol. The van der Waals surface area contributed by atoms with Gasteiger partial charge in [0, 0.05) is 11.5 Å². The van der Waals surface area contributed by atoms with Gasteiger partial charge in [0.1, 0.15) is 11.6 Å². The quantitative estimate of drug-likeness (QED) is 0.424. The van der Waals surface area contributed by atoms with Gasteiger partial charge >= 0.3 is 12.1 Å². The van der Waals surface area contributed by atoms with Crippen LogP contribution in [0.2, 0.25) is 0 Å². The zero-order chi connectivity index (χ0) is 24.4. The molecule has 2 aliphatic rings. The van der Waals surface area contributed by atoms with Gasteiger partial charge in [-0.1, -0.05) is 37.8 Å². The molecule has 2 aliphatic carbocycles. The molecule has 2 saturated carbocycles. The van der Waals surface area contributed by atoms with Gasteiger partial charge in [-0.2, -0.15) is 27.2 Å². The standard InChI is InChI=1S/C24H26F5N3O/c1-15(2)13-19(21(33)32-22(14-30)11-12-22)31-20(23(25,26)24(27,28)29)18-9-7-17(8-10-18)6-5-16-3-4-16/h7-10,15-16,19-20,31H,3-4,11-13H2,1-2H3,(H,32,33)/t19-,20-/m0/s1. The van der Waals surface area contributed by atoms with Crippen LogP contribution in [0.25, 0.3) is 0 Å². The largest absolute Gasteiger partial charge is 0.455 e. The van der Waals surface area contributed by atoms with Crippen molar-refractivity contribution < 1.29 is 26.7 Å². The van der Waals surface area contributed by atoms with E-state index in [1.165, 1.54) is 24.3 Å². The molecule has 0 unspecified atom stereocenters. The molecule has 178 valence electrons. The summed E-state index contributed by atoms with van der Waals surface area (Å²) in [5.74, 6) is 0.124. The second kappa shape index (κ2) is 9.30. The Hall–Kier alpha value is -2.65. The Morgan fingerprint density at radius 1 is 1.15 bits per heavy atom. The van der Waals surface area contributed by atoms with Crippen LogP contribution < -0.4 is 10.6 Å². The lowest BCUT2D eigenvalue weighted by Crippen LogP contribution is -2.55. The Kier molecular flexibility index (Phi) is 7.04. The van der Waals surface area contributed by atoms with Crippen molar-refractivity contribution in [1.29, 1.82) is 5.26 Å². The third-order valence-electron chi connectivity index (χ3n) is 5.70. The summed E-state index contributed by atoms with van der Waals surface area (Å²) in [6, 6.07) is 3.28. The number of hydrogen-bond acceptors (Lipinski definition) is 3. The fourth-order valence-electron chi connectivity index (χ4n) is 3.38. The van der Waals surface area contributed by atoms with Crippen LogP contribution in [0, 0.1) is 35.0 Å². The van der Waals surface area contributed by atoms with E-state index in [-0.39, 0.29) is 17.9 Å². The molecule has 2 fully saturated rings. The summed E-state index contributed by atoms with van der Waals surface area (Å²) in [7, 11) is 0. The molecule has 4 nitrogen and oxygen atoms in total. The molecule has 2 atom stereocenters. The van der Waals surface area contributed by atoms with Crippen LogP contribution >= 0.6 is 0 Å². The molecule has 1 aromatic rings. The summed E-state index contributed by atoms with van der Waals surface area (Å²) in [5, 5.41) is 14.0. The van der Waals surface area contributed by atoms with Gasteiger partial charge in [-0.3, -0.25) is 10.1 Å². The normalized spacial score (nSPS) is 19.1. The Morgan fingerprint density at radius 2 is 1.76 bits per heavy atom. The predicted octanol–water partition coefficient (Wildman–Crippen LogP) is 4.86. The highest BCUT2D eigenvalue weighted by Crippen LogP contribution is 2.45. The van der Waals surface area contributed by atoms with E-state index in [9.17, 15) is 32.0 Å². The topological polar surface area (TPSA) is 64.9 Å². The first-order valence-electron chi connectivity index (χ1n) is 10.9. The highest BCUT2D eigenvalue weighted by molar-refractivity contribution is 5.83. The monoisotopic (exact) mass is 467 g/mol. The average Bonchev–Trinajstić information content (AvgIpc) is 3.65. The van der Waals surface area contributed by atoms with Crippen molar-refractivity contribution in [2.45, 2.75) is 75.7 Å². The Labute approximate surface area is 189 Å². The molecule has 0 spiro atoms. The van der Waals surface area contributed by atoms with E-state index in [1.54, 1.807) is 13.8 Å². The number of carbonyl (C=O) groups is 1. The molecular weight excluding hydrogens is 441 g/mol. The van der Waals surface area contributed by atoms with Crippen molar-refractivity contribution in [3.05, 3.63) is 35.4 Å². The van der Waals surface area contributed by atoms with Gasteiger partial charge in [0.15, 0.2) is 0 Å². The van der Waals surface area contributed by atoms with E-state index in [4.69, 9.17) is 0 Å². The Bertz CT molecular complexity index is 961. The summed E-state index contributed by atoms with van der Waals surface area (Å²) >= 11 is 0. The average molecular weight is 467 g/mol. The first-order valence-corrected chi connectivity index (χ1v) is 10.9. The number of hydrogen-bond donors (Lipinski definition) is 2. The van der Waals surface area contributed by atoms with E-state index in [2.05, 4.69) is 22.5 Å². The van der Waals surface area contributed by atoms with Crippen molar-refractivity contribution in [2.24, 2.45) is 11.8 Å². The maximum absolute atomic E-state index is 14.6. The number of amides is 1. The highest BCUT2D eigenvalue weighted by Gasteiger charge is 2.63. The first-order chi connectivity index (χ1) is 15.4. The summed E-state index contributed by atoms with van der Waals surface area (Å²) in [6.07, 6.45) is -2.99. The smallest absolute Gasteiger partial charge is 0.336 e. The lowest BCUT2D eigenvalue weighted by Gasteiger charge is -2.33. The van der Waals surface area contributed by atoms with Crippen LogP contribution in [0.3, 0.4) is 0 Å². The van der Waals surface area contributed by atoms with Crippen LogP contribution in [0.15, 0.2) is 24.3 Å². The van der Waals surface area contributed by atoms with Gasteiger partial charge in [-0.05, 0) is 55.7 Å². The summed E-state index contributed by atoms with van der Waals surface area (Å²) < 4.78 is 69.3. The molecule has 2 N–H and O–H groups in total. The van der Waals surface area contributed by atoms with Crippen LogP contribution in [-0.2, 0) is 4.79 Å². The van der Waals surface area contributed by atoms with E-state index < -0.39 is 35.6 Å². The van der Waals surface area contributed by atoms with E-state index in [1.807, 2.05) is 6.07 Å². The molecule has 0 bridgehead atoms. The molecule has 33 heavy (non-hydrogen) atoms. The molecule has 1 amide bonds. The maximum atomic E-state index is 14.6. The van der Waals surface area contributed by atoms with E-state index in [0.717, 1.165) is 12.8 Å². The van der Waals surface area contributed by atoms with Gasteiger partial charge in [0.2, 0.25) is 5.91 Å². The Morgan fingerprint density at radius 3 is 2.21 bits per heavy atom. The van der Waals surface area contributed by atoms with E-state index in [0.29, 0.717) is 24.3 Å². The molecule has 1 aromatic carbocycles. The molecule has 0 aromatic heterocycles. The maximum Gasteiger partial charge on any atom is 0.455 e. The van der Waals surface area contributed by atoms with Crippen molar-refractivity contribution in [3.8, 4) is 17.9 Å². The fourth-order valence-corrected chi connectivity index (χ4v) is 3.38. The van der Waals surface area contributed by atoms with Gasteiger partial charge in [0.25, 0.3) is 0 Å². The summed E-state index contributed by atoms with van der Waals surface area (Å²) in [6.45, 7) is 3.45. The van der Waals surface area contributed by atoms with Crippen molar-refractivity contribution >= 4 is 5.91 Å². The lowest BCUT2D eigenvalue weighted by molar-refractivity contribution is -0.295. The van der Waals surface area contributed by atoms with E-state index >= 15 is 0 Å². The van der Waals surface area contributed by atoms with Crippen molar-refractivity contribution in [2.75, 3.05) is 0 Å².